The zero-order chi connectivity index (χ0) is 12.1. The monoisotopic (exact) mass is 238 g/mol. The summed E-state index contributed by atoms with van der Waals surface area (Å²) in [5.41, 5.74) is 5.45. The lowest BCUT2D eigenvalue weighted by Crippen LogP contribution is -2.29. The van der Waals surface area contributed by atoms with Crippen molar-refractivity contribution in [2.24, 2.45) is 17.6 Å². The van der Waals surface area contributed by atoms with E-state index in [0.717, 1.165) is 57.2 Å². The van der Waals surface area contributed by atoms with Gasteiger partial charge in [0.2, 0.25) is 5.91 Å². The number of carbonyl (C=O) groups is 1. The Morgan fingerprint density at radius 3 is 2.35 bits per heavy atom. The molecule has 2 rings (SSSR count). The van der Waals surface area contributed by atoms with Crippen molar-refractivity contribution in [2.45, 2.75) is 51.4 Å². The van der Waals surface area contributed by atoms with Gasteiger partial charge in [0.25, 0.3) is 0 Å². The van der Waals surface area contributed by atoms with Crippen molar-refractivity contribution in [1.82, 2.24) is 4.90 Å². The lowest BCUT2D eigenvalue weighted by atomic mass is 10.0. The number of nitrogens with zero attached hydrogens (tertiary/aromatic N) is 1. The van der Waals surface area contributed by atoms with Gasteiger partial charge in [-0.05, 0) is 44.1 Å². The summed E-state index contributed by atoms with van der Waals surface area (Å²) >= 11 is 0. The molecule has 0 aromatic heterocycles. The normalized spacial score (nSPS) is 27.5. The van der Waals surface area contributed by atoms with Gasteiger partial charge in [0, 0.05) is 19.5 Å². The number of unbranched alkanes of at least 4 members (excludes halogenated alkanes) is 3. The van der Waals surface area contributed by atoms with E-state index < -0.39 is 0 Å². The molecule has 2 aliphatic rings. The number of rotatable bonds is 6. The van der Waals surface area contributed by atoms with Crippen molar-refractivity contribution in [2.75, 3.05) is 19.6 Å². The Morgan fingerprint density at radius 1 is 1.06 bits per heavy atom. The third kappa shape index (κ3) is 3.44. The smallest absolute Gasteiger partial charge is 0.222 e. The second kappa shape index (κ2) is 6.39. The molecule has 0 bridgehead atoms. The summed E-state index contributed by atoms with van der Waals surface area (Å²) < 4.78 is 0. The van der Waals surface area contributed by atoms with Crippen molar-refractivity contribution in [3.63, 3.8) is 0 Å². The van der Waals surface area contributed by atoms with E-state index in [1.807, 2.05) is 0 Å². The maximum absolute atomic E-state index is 12.0. The van der Waals surface area contributed by atoms with Crippen LogP contribution in [0, 0.1) is 11.8 Å². The van der Waals surface area contributed by atoms with Crippen LogP contribution in [-0.2, 0) is 4.79 Å². The summed E-state index contributed by atoms with van der Waals surface area (Å²) in [4.78, 5) is 14.1. The number of nitrogens with two attached hydrogens (primary N) is 1. The Hall–Kier alpha value is -0.570. The highest BCUT2D eigenvalue weighted by atomic mass is 16.2. The van der Waals surface area contributed by atoms with Crippen LogP contribution in [0.2, 0.25) is 0 Å². The molecular weight excluding hydrogens is 212 g/mol. The van der Waals surface area contributed by atoms with E-state index in [9.17, 15) is 4.79 Å². The summed E-state index contributed by atoms with van der Waals surface area (Å²) in [5, 5.41) is 0. The summed E-state index contributed by atoms with van der Waals surface area (Å²) in [6, 6.07) is 0. The number of fused-ring (bicyclic) bond motifs is 1. The predicted molar refractivity (Wildman–Crippen MR) is 69.6 cm³/mol. The van der Waals surface area contributed by atoms with Crippen molar-refractivity contribution < 1.29 is 4.79 Å². The fourth-order valence-corrected chi connectivity index (χ4v) is 3.37. The van der Waals surface area contributed by atoms with Gasteiger partial charge in [0.1, 0.15) is 0 Å². The Labute approximate surface area is 105 Å². The van der Waals surface area contributed by atoms with Gasteiger partial charge in [-0.1, -0.05) is 19.3 Å². The van der Waals surface area contributed by atoms with E-state index in [0.29, 0.717) is 5.91 Å². The molecule has 2 N–H and O–H groups in total. The average molecular weight is 238 g/mol. The molecule has 1 heterocycles. The van der Waals surface area contributed by atoms with Crippen molar-refractivity contribution in [3.05, 3.63) is 0 Å². The van der Waals surface area contributed by atoms with Gasteiger partial charge >= 0.3 is 0 Å². The van der Waals surface area contributed by atoms with E-state index in [2.05, 4.69) is 4.90 Å². The quantitative estimate of drug-likeness (QED) is 0.721. The van der Waals surface area contributed by atoms with Gasteiger partial charge in [-0.15, -0.1) is 0 Å². The van der Waals surface area contributed by atoms with Crippen molar-refractivity contribution in [1.29, 1.82) is 0 Å². The lowest BCUT2D eigenvalue weighted by Gasteiger charge is -2.17. The Balaban J connectivity index is 1.60. The number of amides is 1. The average Bonchev–Trinajstić information content (AvgIpc) is 2.88. The second-order valence-electron chi connectivity index (χ2n) is 5.70. The molecule has 2 fully saturated rings. The van der Waals surface area contributed by atoms with E-state index >= 15 is 0 Å². The first-order valence-electron chi connectivity index (χ1n) is 7.29. The first kappa shape index (κ1) is 12.9. The van der Waals surface area contributed by atoms with Gasteiger partial charge in [0.15, 0.2) is 0 Å². The second-order valence-corrected chi connectivity index (χ2v) is 5.70. The molecule has 1 amide bonds. The summed E-state index contributed by atoms with van der Waals surface area (Å²) in [7, 11) is 0. The minimum atomic E-state index is 0.396. The van der Waals surface area contributed by atoms with E-state index in [1.54, 1.807) is 0 Å². The van der Waals surface area contributed by atoms with Crippen LogP contribution in [0.15, 0.2) is 0 Å². The van der Waals surface area contributed by atoms with Gasteiger partial charge in [0.05, 0.1) is 0 Å². The maximum Gasteiger partial charge on any atom is 0.222 e. The Bertz CT molecular complexity index is 243. The largest absolute Gasteiger partial charge is 0.342 e. The van der Waals surface area contributed by atoms with Crippen LogP contribution in [0.1, 0.15) is 51.4 Å². The SMILES string of the molecule is NCCCCCCC(=O)N1CC2CCCC2C1. The summed E-state index contributed by atoms with van der Waals surface area (Å²) in [6.07, 6.45) is 9.32. The molecule has 0 radical (unpaired) electrons. The summed E-state index contributed by atoms with van der Waals surface area (Å²) in [6.45, 7) is 2.88. The molecule has 98 valence electrons. The molecule has 0 aromatic carbocycles. The van der Waals surface area contributed by atoms with Gasteiger partial charge in [-0.25, -0.2) is 0 Å². The Kier molecular flexibility index (Phi) is 4.84. The summed E-state index contributed by atoms with van der Waals surface area (Å²) in [5.74, 6) is 2.06. The lowest BCUT2D eigenvalue weighted by molar-refractivity contribution is -0.130. The van der Waals surface area contributed by atoms with E-state index in [4.69, 9.17) is 5.73 Å². The van der Waals surface area contributed by atoms with Gasteiger partial charge in [-0.3, -0.25) is 4.79 Å². The fourth-order valence-electron chi connectivity index (χ4n) is 3.37. The zero-order valence-electron chi connectivity index (χ0n) is 10.9. The fraction of sp³-hybridized carbons (Fsp3) is 0.929. The van der Waals surface area contributed by atoms with Crippen LogP contribution in [0.3, 0.4) is 0 Å². The molecule has 1 aliphatic heterocycles. The van der Waals surface area contributed by atoms with Crippen LogP contribution >= 0.6 is 0 Å². The van der Waals surface area contributed by atoms with Crippen LogP contribution < -0.4 is 5.73 Å². The van der Waals surface area contributed by atoms with E-state index in [1.165, 1.54) is 25.7 Å². The Morgan fingerprint density at radius 2 is 1.71 bits per heavy atom. The topological polar surface area (TPSA) is 46.3 Å². The third-order valence-electron chi connectivity index (χ3n) is 4.42. The molecule has 1 aliphatic carbocycles. The van der Waals surface area contributed by atoms with Gasteiger partial charge < -0.3 is 10.6 Å². The standard InChI is InChI=1S/C14H26N2O/c15-9-4-2-1-3-8-14(17)16-10-12-6-5-7-13(12)11-16/h12-13H,1-11,15H2. The molecule has 17 heavy (non-hydrogen) atoms. The molecule has 2 atom stereocenters. The highest BCUT2D eigenvalue weighted by molar-refractivity contribution is 5.76. The van der Waals surface area contributed by atoms with Crippen molar-refractivity contribution in [3.8, 4) is 0 Å². The first-order valence-corrected chi connectivity index (χ1v) is 7.29. The minimum Gasteiger partial charge on any atom is -0.342 e. The molecule has 2 unspecified atom stereocenters. The molecule has 3 nitrogen and oxygen atoms in total. The van der Waals surface area contributed by atoms with Crippen LogP contribution in [-0.4, -0.2) is 30.4 Å². The van der Waals surface area contributed by atoms with Crippen molar-refractivity contribution >= 4 is 5.91 Å². The van der Waals surface area contributed by atoms with E-state index in [-0.39, 0.29) is 0 Å². The molecule has 0 aromatic rings. The van der Waals surface area contributed by atoms with Crippen LogP contribution in [0.25, 0.3) is 0 Å². The first-order chi connectivity index (χ1) is 8.31. The molecule has 3 heteroatoms. The third-order valence-corrected chi connectivity index (χ3v) is 4.42. The number of hydrogen-bond donors (Lipinski definition) is 1. The molecular formula is C14H26N2O. The maximum atomic E-state index is 12.0. The highest BCUT2D eigenvalue weighted by Gasteiger charge is 2.37. The van der Waals surface area contributed by atoms with Crippen LogP contribution in [0.5, 0.6) is 0 Å². The number of hydrogen-bond acceptors (Lipinski definition) is 2. The molecule has 1 saturated carbocycles. The highest BCUT2D eigenvalue weighted by Crippen LogP contribution is 2.37. The predicted octanol–water partition coefficient (Wildman–Crippen LogP) is 2.15. The minimum absolute atomic E-state index is 0.396. The zero-order valence-corrected chi connectivity index (χ0v) is 10.9. The number of carbonyl (C=O) groups excluding carboxylic acids is 1. The molecule has 0 spiro atoms. The molecule has 1 saturated heterocycles. The van der Waals surface area contributed by atoms with Gasteiger partial charge in [-0.2, -0.15) is 0 Å². The number of likely N-dealkylation sites (tertiary alicyclic amines) is 1. The van der Waals surface area contributed by atoms with Crippen LogP contribution in [0.4, 0.5) is 0 Å².